The summed E-state index contributed by atoms with van der Waals surface area (Å²) in [7, 11) is 3.09. The molecule has 0 bridgehead atoms. The third-order valence-electron chi connectivity index (χ3n) is 2.90. The van der Waals surface area contributed by atoms with E-state index in [1.54, 1.807) is 31.4 Å². The van der Waals surface area contributed by atoms with Gasteiger partial charge in [-0.3, -0.25) is 9.48 Å². The largest absolute Gasteiger partial charge is 0.469 e. The number of esters is 2. The molecule has 0 fully saturated rings. The third-order valence-corrected chi connectivity index (χ3v) is 2.90. The van der Waals surface area contributed by atoms with Crippen molar-refractivity contribution >= 4 is 11.9 Å². The van der Waals surface area contributed by atoms with Crippen LogP contribution in [0.1, 0.15) is 22.5 Å². The van der Waals surface area contributed by atoms with Crippen molar-refractivity contribution in [1.82, 2.24) is 9.78 Å². The van der Waals surface area contributed by atoms with E-state index in [4.69, 9.17) is 4.74 Å². The Labute approximate surface area is 122 Å². The summed E-state index contributed by atoms with van der Waals surface area (Å²) < 4.78 is 11.3. The first-order valence-electron chi connectivity index (χ1n) is 6.46. The minimum atomic E-state index is -0.502. The molecule has 0 saturated heterocycles. The van der Waals surface area contributed by atoms with Crippen LogP contribution in [0.4, 0.5) is 0 Å². The zero-order valence-electron chi connectivity index (χ0n) is 11.9. The standard InChI is InChI=1S/C15H16N2O4/c1-17-10-9-13(16-17)15(19)21-12-6-3-11(4-7-12)5-8-14(18)20-2/h3-4,6-7,9-10H,5,8H2,1-2H3. The first-order valence-corrected chi connectivity index (χ1v) is 6.46. The van der Waals surface area contributed by atoms with Crippen LogP contribution in [-0.2, 0) is 23.0 Å². The summed E-state index contributed by atoms with van der Waals surface area (Å²) in [6, 6.07) is 8.59. The summed E-state index contributed by atoms with van der Waals surface area (Å²) in [5, 5.41) is 3.97. The van der Waals surface area contributed by atoms with Crippen LogP contribution in [0.2, 0.25) is 0 Å². The number of aromatic nitrogens is 2. The van der Waals surface area contributed by atoms with E-state index in [9.17, 15) is 9.59 Å². The highest BCUT2D eigenvalue weighted by Gasteiger charge is 2.11. The zero-order chi connectivity index (χ0) is 15.2. The molecule has 0 aliphatic heterocycles. The molecule has 1 heterocycles. The lowest BCUT2D eigenvalue weighted by Gasteiger charge is -2.04. The van der Waals surface area contributed by atoms with Crippen molar-refractivity contribution in [2.24, 2.45) is 7.05 Å². The molecular formula is C15H16N2O4. The molecular weight excluding hydrogens is 272 g/mol. The molecule has 0 amide bonds. The van der Waals surface area contributed by atoms with Gasteiger partial charge in [-0.05, 0) is 30.2 Å². The van der Waals surface area contributed by atoms with E-state index in [1.165, 1.54) is 11.8 Å². The number of aryl methyl sites for hydroxylation is 2. The molecule has 0 unspecified atom stereocenters. The van der Waals surface area contributed by atoms with Gasteiger partial charge in [-0.25, -0.2) is 4.79 Å². The highest BCUT2D eigenvalue weighted by Crippen LogP contribution is 2.15. The molecule has 0 N–H and O–H groups in total. The fourth-order valence-corrected chi connectivity index (χ4v) is 1.76. The Morgan fingerprint density at radius 2 is 1.90 bits per heavy atom. The van der Waals surface area contributed by atoms with Crippen LogP contribution in [0.25, 0.3) is 0 Å². The Kier molecular flexibility index (Phi) is 4.71. The number of rotatable bonds is 5. The molecule has 21 heavy (non-hydrogen) atoms. The van der Waals surface area contributed by atoms with E-state index < -0.39 is 5.97 Å². The second kappa shape index (κ2) is 6.69. The van der Waals surface area contributed by atoms with Crippen molar-refractivity contribution < 1.29 is 19.1 Å². The maximum absolute atomic E-state index is 11.8. The predicted octanol–water partition coefficient (Wildman–Crippen LogP) is 1.74. The summed E-state index contributed by atoms with van der Waals surface area (Å²) in [5.74, 6) is -0.314. The summed E-state index contributed by atoms with van der Waals surface area (Å²) in [4.78, 5) is 22.9. The lowest BCUT2D eigenvalue weighted by molar-refractivity contribution is -0.140. The molecule has 110 valence electrons. The van der Waals surface area contributed by atoms with Crippen LogP contribution < -0.4 is 4.74 Å². The van der Waals surface area contributed by atoms with Gasteiger partial charge in [0, 0.05) is 19.7 Å². The van der Waals surface area contributed by atoms with E-state index in [1.807, 2.05) is 12.1 Å². The van der Waals surface area contributed by atoms with Gasteiger partial charge in [0.1, 0.15) is 5.75 Å². The number of benzene rings is 1. The zero-order valence-corrected chi connectivity index (χ0v) is 11.9. The maximum Gasteiger partial charge on any atom is 0.364 e. The highest BCUT2D eigenvalue weighted by molar-refractivity contribution is 5.88. The second-order valence-electron chi connectivity index (χ2n) is 4.48. The lowest BCUT2D eigenvalue weighted by atomic mass is 10.1. The van der Waals surface area contributed by atoms with Crippen molar-refractivity contribution in [3.8, 4) is 5.75 Å². The van der Waals surface area contributed by atoms with Gasteiger partial charge in [0.15, 0.2) is 5.69 Å². The average molecular weight is 288 g/mol. The Morgan fingerprint density at radius 3 is 2.48 bits per heavy atom. The molecule has 2 aromatic rings. The molecule has 0 spiro atoms. The number of methoxy groups -OCH3 is 1. The van der Waals surface area contributed by atoms with Crippen LogP contribution >= 0.6 is 0 Å². The normalized spacial score (nSPS) is 10.2. The van der Waals surface area contributed by atoms with Gasteiger partial charge < -0.3 is 9.47 Å². The van der Waals surface area contributed by atoms with E-state index >= 15 is 0 Å². The number of nitrogens with zero attached hydrogens (tertiary/aromatic N) is 2. The molecule has 2 rings (SSSR count). The van der Waals surface area contributed by atoms with Gasteiger partial charge in [-0.1, -0.05) is 12.1 Å². The van der Waals surface area contributed by atoms with Crippen LogP contribution in [-0.4, -0.2) is 28.8 Å². The number of hydrogen-bond donors (Lipinski definition) is 0. The lowest BCUT2D eigenvalue weighted by Crippen LogP contribution is -2.09. The van der Waals surface area contributed by atoms with E-state index in [0.717, 1.165) is 5.56 Å². The summed E-state index contributed by atoms with van der Waals surface area (Å²) in [5.41, 5.74) is 1.23. The average Bonchev–Trinajstić information content (AvgIpc) is 2.93. The molecule has 6 nitrogen and oxygen atoms in total. The van der Waals surface area contributed by atoms with Crippen molar-refractivity contribution in [3.63, 3.8) is 0 Å². The molecule has 0 atom stereocenters. The van der Waals surface area contributed by atoms with Crippen LogP contribution in [0, 0.1) is 0 Å². The van der Waals surface area contributed by atoms with E-state index in [2.05, 4.69) is 9.84 Å². The van der Waals surface area contributed by atoms with E-state index in [0.29, 0.717) is 18.6 Å². The highest BCUT2D eigenvalue weighted by atomic mass is 16.5. The van der Waals surface area contributed by atoms with E-state index in [-0.39, 0.29) is 11.7 Å². The fourth-order valence-electron chi connectivity index (χ4n) is 1.76. The topological polar surface area (TPSA) is 70.4 Å². The van der Waals surface area contributed by atoms with Gasteiger partial charge >= 0.3 is 11.9 Å². The second-order valence-corrected chi connectivity index (χ2v) is 4.48. The van der Waals surface area contributed by atoms with Crippen LogP contribution in [0.15, 0.2) is 36.5 Å². The molecule has 0 saturated carbocycles. The van der Waals surface area contributed by atoms with Crippen molar-refractivity contribution in [3.05, 3.63) is 47.8 Å². The minimum Gasteiger partial charge on any atom is -0.469 e. The molecule has 0 radical (unpaired) electrons. The quantitative estimate of drug-likeness (QED) is 0.619. The van der Waals surface area contributed by atoms with Crippen molar-refractivity contribution in [1.29, 1.82) is 0 Å². The van der Waals surface area contributed by atoms with Crippen LogP contribution in [0.3, 0.4) is 0 Å². The number of ether oxygens (including phenoxy) is 2. The Balaban J connectivity index is 1.93. The summed E-state index contributed by atoms with van der Waals surface area (Å²) in [6.07, 6.45) is 2.58. The number of carbonyl (C=O) groups excluding carboxylic acids is 2. The predicted molar refractivity (Wildman–Crippen MR) is 74.9 cm³/mol. The molecule has 0 aliphatic rings. The van der Waals surface area contributed by atoms with Gasteiger partial charge in [-0.2, -0.15) is 5.10 Å². The van der Waals surface area contributed by atoms with Gasteiger partial charge in [0.25, 0.3) is 0 Å². The molecule has 0 aliphatic carbocycles. The Bertz CT molecular complexity index is 631. The maximum atomic E-state index is 11.8. The first kappa shape index (κ1) is 14.8. The van der Waals surface area contributed by atoms with Gasteiger partial charge in [-0.15, -0.1) is 0 Å². The SMILES string of the molecule is COC(=O)CCc1ccc(OC(=O)c2ccn(C)n2)cc1. The summed E-state index contributed by atoms with van der Waals surface area (Å²) >= 11 is 0. The molecule has 6 heteroatoms. The fraction of sp³-hybridized carbons (Fsp3) is 0.267. The monoisotopic (exact) mass is 288 g/mol. The van der Waals surface area contributed by atoms with Crippen LogP contribution in [0.5, 0.6) is 5.75 Å². The molecule has 1 aromatic carbocycles. The van der Waals surface area contributed by atoms with Gasteiger partial charge in [0.2, 0.25) is 0 Å². The first-order chi connectivity index (χ1) is 10.1. The van der Waals surface area contributed by atoms with Crippen molar-refractivity contribution in [2.75, 3.05) is 7.11 Å². The Morgan fingerprint density at radius 1 is 1.19 bits per heavy atom. The third kappa shape index (κ3) is 4.17. The van der Waals surface area contributed by atoms with Gasteiger partial charge in [0.05, 0.1) is 7.11 Å². The number of hydrogen-bond acceptors (Lipinski definition) is 5. The summed E-state index contributed by atoms with van der Waals surface area (Å²) in [6.45, 7) is 0. The Hall–Kier alpha value is -2.63. The smallest absolute Gasteiger partial charge is 0.364 e. The van der Waals surface area contributed by atoms with Crippen molar-refractivity contribution in [2.45, 2.75) is 12.8 Å². The number of carbonyl (C=O) groups is 2. The minimum absolute atomic E-state index is 0.249. The molecule has 1 aromatic heterocycles.